The molecule has 0 bridgehead atoms. The Hall–Kier alpha value is -1.88. The summed E-state index contributed by atoms with van der Waals surface area (Å²) >= 11 is 1.48. The van der Waals surface area contributed by atoms with Crippen molar-refractivity contribution in [1.82, 2.24) is 4.98 Å². The van der Waals surface area contributed by atoms with Gasteiger partial charge in [0.15, 0.2) is 11.7 Å². The van der Waals surface area contributed by atoms with Crippen molar-refractivity contribution in [2.45, 2.75) is 40.5 Å². The number of rotatable bonds is 5. The summed E-state index contributed by atoms with van der Waals surface area (Å²) in [6, 6.07) is 6.09. The zero-order valence-corrected chi connectivity index (χ0v) is 14.5. The van der Waals surface area contributed by atoms with Crippen molar-refractivity contribution < 1.29 is 9.53 Å². The van der Waals surface area contributed by atoms with Gasteiger partial charge in [-0.25, -0.2) is 4.98 Å². The number of hydrogen-bond acceptors (Lipinski definition) is 4. The highest BCUT2D eigenvalue weighted by Crippen LogP contribution is 2.27. The molecular weight excluding hydrogens is 296 g/mol. The van der Waals surface area contributed by atoms with E-state index < -0.39 is 0 Å². The first kappa shape index (κ1) is 16.5. The fraction of sp³-hybridized carbons (Fsp3) is 0.412. The van der Waals surface area contributed by atoms with E-state index in [4.69, 9.17) is 4.74 Å². The molecule has 0 aliphatic heterocycles. The van der Waals surface area contributed by atoms with E-state index in [0.29, 0.717) is 11.0 Å². The maximum Gasteiger partial charge on any atom is 0.264 e. The van der Waals surface area contributed by atoms with Gasteiger partial charge in [0.25, 0.3) is 5.91 Å². The number of hydrogen-bond donors (Lipinski definition) is 1. The van der Waals surface area contributed by atoms with E-state index in [2.05, 4.69) is 36.3 Å². The van der Waals surface area contributed by atoms with Gasteiger partial charge in [-0.1, -0.05) is 26.0 Å². The number of carbonyl (C=O) groups is 1. The lowest BCUT2D eigenvalue weighted by Gasteiger charge is -2.14. The first-order chi connectivity index (χ1) is 10.4. The largest absolute Gasteiger partial charge is 0.483 e. The SMILES string of the molecule is Cc1ccc(C(C)C)c(OCC(=O)Nc2nc(C)c(C)s2)c1. The van der Waals surface area contributed by atoms with Crippen molar-refractivity contribution in [3.05, 3.63) is 39.9 Å². The Kier molecular flexibility index (Phi) is 5.19. The maximum absolute atomic E-state index is 12.0. The minimum atomic E-state index is -0.190. The number of benzene rings is 1. The molecule has 2 rings (SSSR count). The van der Waals surface area contributed by atoms with Crippen LogP contribution in [0.25, 0.3) is 0 Å². The predicted molar refractivity (Wildman–Crippen MR) is 91.0 cm³/mol. The number of nitrogens with one attached hydrogen (secondary N) is 1. The standard InChI is InChI=1S/C17H22N2O2S/c1-10(2)14-7-6-11(3)8-15(14)21-9-16(20)19-17-18-12(4)13(5)22-17/h6-8,10H,9H2,1-5H3,(H,18,19,20). The van der Waals surface area contributed by atoms with Crippen LogP contribution in [-0.4, -0.2) is 17.5 Å². The second kappa shape index (κ2) is 6.92. The highest BCUT2D eigenvalue weighted by atomic mass is 32.1. The first-order valence-electron chi connectivity index (χ1n) is 7.34. The Labute approximate surface area is 135 Å². The summed E-state index contributed by atoms with van der Waals surface area (Å²) in [5, 5.41) is 3.40. The molecule has 0 fully saturated rings. The molecule has 0 atom stereocenters. The van der Waals surface area contributed by atoms with Crippen LogP contribution in [0.15, 0.2) is 18.2 Å². The van der Waals surface area contributed by atoms with Crippen molar-refractivity contribution in [1.29, 1.82) is 0 Å². The van der Waals surface area contributed by atoms with Crippen LogP contribution in [0.2, 0.25) is 0 Å². The molecule has 0 aliphatic carbocycles. The van der Waals surface area contributed by atoms with Crippen LogP contribution in [0.4, 0.5) is 5.13 Å². The van der Waals surface area contributed by atoms with Crippen LogP contribution in [0.1, 0.15) is 41.5 Å². The smallest absolute Gasteiger partial charge is 0.264 e. The molecule has 0 unspecified atom stereocenters. The minimum Gasteiger partial charge on any atom is -0.483 e. The zero-order valence-electron chi connectivity index (χ0n) is 13.7. The molecule has 22 heavy (non-hydrogen) atoms. The Balaban J connectivity index is 2.00. The van der Waals surface area contributed by atoms with Crippen molar-refractivity contribution >= 4 is 22.4 Å². The molecule has 5 heteroatoms. The lowest BCUT2D eigenvalue weighted by molar-refractivity contribution is -0.118. The summed E-state index contributed by atoms with van der Waals surface area (Å²) in [4.78, 5) is 17.4. The maximum atomic E-state index is 12.0. The summed E-state index contributed by atoms with van der Waals surface area (Å²) < 4.78 is 5.72. The summed E-state index contributed by atoms with van der Waals surface area (Å²) in [7, 11) is 0. The van der Waals surface area contributed by atoms with Crippen LogP contribution in [-0.2, 0) is 4.79 Å². The van der Waals surface area contributed by atoms with E-state index in [0.717, 1.165) is 27.4 Å². The predicted octanol–water partition coefficient (Wildman–Crippen LogP) is 4.21. The second-order valence-electron chi connectivity index (χ2n) is 5.69. The third kappa shape index (κ3) is 4.07. The number of anilines is 1. The molecule has 1 heterocycles. The molecule has 0 radical (unpaired) electrons. The van der Waals surface area contributed by atoms with Crippen molar-refractivity contribution in [3.63, 3.8) is 0 Å². The number of carbonyl (C=O) groups excluding carboxylic acids is 1. The molecule has 0 spiro atoms. The molecule has 0 saturated carbocycles. The Bertz CT molecular complexity index is 658. The molecular formula is C17H22N2O2S. The van der Waals surface area contributed by atoms with E-state index in [1.54, 1.807) is 0 Å². The molecule has 118 valence electrons. The normalized spacial score (nSPS) is 10.8. The molecule has 1 aromatic heterocycles. The lowest BCUT2D eigenvalue weighted by atomic mass is 10.0. The van der Waals surface area contributed by atoms with Crippen molar-refractivity contribution in [3.8, 4) is 5.75 Å². The molecule has 0 aliphatic rings. The van der Waals surface area contributed by atoms with Crippen molar-refractivity contribution in [2.24, 2.45) is 0 Å². The van der Waals surface area contributed by atoms with Gasteiger partial charge in [-0.3, -0.25) is 10.1 Å². The number of thiazole rings is 1. The average molecular weight is 318 g/mol. The topological polar surface area (TPSA) is 51.2 Å². The summed E-state index contributed by atoms with van der Waals surface area (Å²) in [5.74, 6) is 0.935. The van der Waals surface area contributed by atoms with Crippen LogP contribution in [0, 0.1) is 20.8 Å². The monoisotopic (exact) mass is 318 g/mol. The van der Waals surface area contributed by atoms with Gasteiger partial charge in [0, 0.05) is 4.88 Å². The summed E-state index contributed by atoms with van der Waals surface area (Å²) in [5.41, 5.74) is 3.17. The third-order valence-corrected chi connectivity index (χ3v) is 4.41. The van der Waals surface area contributed by atoms with Gasteiger partial charge in [0.05, 0.1) is 5.69 Å². The van der Waals surface area contributed by atoms with E-state index in [9.17, 15) is 4.79 Å². The summed E-state index contributed by atoms with van der Waals surface area (Å²) in [6.45, 7) is 10.1. The number of aryl methyl sites for hydroxylation is 3. The number of amides is 1. The Morgan fingerprint density at radius 1 is 1.32 bits per heavy atom. The van der Waals surface area contributed by atoms with Crippen LogP contribution in [0.5, 0.6) is 5.75 Å². The molecule has 0 saturated heterocycles. The van der Waals surface area contributed by atoms with E-state index >= 15 is 0 Å². The van der Waals surface area contributed by atoms with Gasteiger partial charge in [-0.15, -0.1) is 11.3 Å². The Morgan fingerprint density at radius 2 is 2.05 bits per heavy atom. The average Bonchev–Trinajstić information content (AvgIpc) is 2.74. The fourth-order valence-corrected chi connectivity index (χ4v) is 2.90. The van der Waals surface area contributed by atoms with Gasteiger partial charge in [0.1, 0.15) is 5.75 Å². The minimum absolute atomic E-state index is 0.0130. The van der Waals surface area contributed by atoms with Crippen LogP contribution in [0.3, 0.4) is 0 Å². The molecule has 4 nitrogen and oxygen atoms in total. The Morgan fingerprint density at radius 3 is 2.64 bits per heavy atom. The third-order valence-electron chi connectivity index (χ3n) is 3.42. The van der Waals surface area contributed by atoms with Gasteiger partial charge in [-0.2, -0.15) is 0 Å². The van der Waals surface area contributed by atoms with Crippen LogP contribution < -0.4 is 10.1 Å². The highest BCUT2D eigenvalue weighted by molar-refractivity contribution is 7.15. The zero-order chi connectivity index (χ0) is 16.3. The lowest BCUT2D eigenvalue weighted by Crippen LogP contribution is -2.20. The fourth-order valence-electron chi connectivity index (χ4n) is 2.07. The number of aromatic nitrogens is 1. The van der Waals surface area contributed by atoms with E-state index in [1.165, 1.54) is 11.3 Å². The molecule has 1 aromatic carbocycles. The quantitative estimate of drug-likeness (QED) is 0.898. The molecule has 1 N–H and O–H groups in total. The summed E-state index contributed by atoms with van der Waals surface area (Å²) in [6.07, 6.45) is 0. The number of nitrogens with zero attached hydrogens (tertiary/aromatic N) is 1. The first-order valence-corrected chi connectivity index (χ1v) is 8.15. The van der Waals surface area contributed by atoms with Gasteiger partial charge < -0.3 is 4.74 Å². The molecule has 1 amide bonds. The van der Waals surface area contributed by atoms with Gasteiger partial charge in [0.2, 0.25) is 0 Å². The highest BCUT2D eigenvalue weighted by Gasteiger charge is 2.12. The number of ether oxygens (including phenoxy) is 1. The van der Waals surface area contributed by atoms with E-state index in [-0.39, 0.29) is 12.5 Å². The van der Waals surface area contributed by atoms with Gasteiger partial charge >= 0.3 is 0 Å². The van der Waals surface area contributed by atoms with Crippen molar-refractivity contribution in [2.75, 3.05) is 11.9 Å². The molecule has 2 aromatic rings. The van der Waals surface area contributed by atoms with Crippen LogP contribution >= 0.6 is 11.3 Å². The second-order valence-corrected chi connectivity index (χ2v) is 6.90. The van der Waals surface area contributed by atoms with Gasteiger partial charge in [-0.05, 0) is 43.9 Å². The van der Waals surface area contributed by atoms with E-state index in [1.807, 2.05) is 26.8 Å².